The van der Waals surface area contributed by atoms with E-state index in [-0.39, 0.29) is 5.91 Å². The molecule has 0 aliphatic rings. The normalized spacial score (nSPS) is 13.3. The maximum atomic E-state index is 12.1. The topological polar surface area (TPSA) is 47.6 Å². The van der Waals surface area contributed by atoms with E-state index in [1.54, 1.807) is 20.1 Å². The molecule has 0 aliphatic carbocycles. The third-order valence-corrected chi connectivity index (χ3v) is 3.83. The minimum absolute atomic E-state index is 0.0715. The third-order valence-electron chi connectivity index (χ3n) is 3.83. The van der Waals surface area contributed by atoms with Crippen molar-refractivity contribution in [1.29, 1.82) is 0 Å². The minimum atomic E-state index is -0.518. The van der Waals surface area contributed by atoms with Gasteiger partial charge >= 0.3 is 0 Å². The number of hydrogen-bond donors (Lipinski definition) is 1. The number of benzene rings is 1. The second-order valence-corrected chi connectivity index (χ2v) is 5.60. The minimum Gasteiger partial charge on any atom is -0.497 e. The summed E-state index contributed by atoms with van der Waals surface area (Å²) in [6.07, 6.45) is 4.14. The van der Waals surface area contributed by atoms with Crippen molar-refractivity contribution >= 4 is 5.91 Å². The predicted octanol–water partition coefficient (Wildman–Crippen LogP) is 3.80. The molecule has 1 aromatic carbocycles. The summed E-state index contributed by atoms with van der Waals surface area (Å²) in [4.78, 5) is 12.1. The Balaban J connectivity index is 2.43. The smallest absolute Gasteiger partial charge is 0.260 e. The molecular formula is C18H29NO3. The van der Waals surface area contributed by atoms with Gasteiger partial charge in [0, 0.05) is 12.6 Å². The summed E-state index contributed by atoms with van der Waals surface area (Å²) < 4.78 is 10.8. The quantitative estimate of drug-likeness (QED) is 0.715. The van der Waals surface area contributed by atoms with Crippen molar-refractivity contribution in [3.63, 3.8) is 0 Å². The van der Waals surface area contributed by atoms with Gasteiger partial charge < -0.3 is 14.8 Å². The van der Waals surface area contributed by atoms with Gasteiger partial charge in [0.25, 0.3) is 5.91 Å². The van der Waals surface area contributed by atoms with Crippen LogP contribution in [0.4, 0.5) is 0 Å². The maximum absolute atomic E-state index is 12.1. The molecule has 0 aromatic heterocycles. The Morgan fingerprint density at radius 2 is 2.00 bits per heavy atom. The van der Waals surface area contributed by atoms with E-state index in [0.29, 0.717) is 11.7 Å². The Labute approximate surface area is 134 Å². The van der Waals surface area contributed by atoms with Crippen LogP contribution >= 0.6 is 0 Å². The summed E-state index contributed by atoms with van der Waals surface area (Å²) in [6.45, 7) is 6.85. The van der Waals surface area contributed by atoms with Gasteiger partial charge in [-0.2, -0.15) is 0 Å². The van der Waals surface area contributed by atoms with Crippen molar-refractivity contribution in [3.05, 3.63) is 24.3 Å². The van der Waals surface area contributed by atoms with Crippen LogP contribution in [0, 0.1) is 5.92 Å². The van der Waals surface area contributed by atoms with E-state index in [4.69, 9.17) is 9.47 Å². The number of carbonyl (C=O) groups is 1. The molecule has 0 spiro atoms. The fourth-order valence-corrected chi connectivity index (χ4v) is 2.26. The van der Waals surface area contributed by atoms with E-state index >= 15 is 0 Å². The highest BCUT2D eigenvalue weighted by atomic mass is 16.5. The molecule has 0 heterocycles. The number of methoxy groups -OCH3 is 1. The molecule has 2 atom stereocenters. The average Bonchev–Trinajstić information content (AvgIpc) is 2.54. The fraction of sp³-hybridized carbons (Fsp3) is 0.611. The number of unbranched alkanes of at least 4 members (excludes halogenated alkanes) is 1. The first-order valence-electron chi connectivity index (χ1n) is 8.19. The Morgan fingerprint density at radius 1 is 1.27 bits per heavy atom. The van der Waals surface area contributed by atoms with Gasteiger partial charge in [-0.05, 0) is 31.4 Å². The van der Waals surface area contributed by atoms with Gasteiger partial charge in [-0.15, -0.1) is 0 Å². The van der Waals surface area contributed by atoms with Crippen LogP contribution in [0.15, 0.2) is 24.3 Å². The third kappa shape index (κ3) is 6.37. The van der Waals surface area contributed by atoms with Gasteiger partial charge in [0.15, 0.2) is 6.10 Å². The van der Waals surface area contributed by atoms with E-state index in [9.17, 15) is 4.79 Å². The predicted molar refractivity (Wildman–Crippen MR) is 89.4 cm³/mol. The van der Waals surface area contributed by atoms with Gasteiger partial charge in [-0.1, -0.05) is 39.2 Å². The van der Waals surface area contributed by atoms with Crippen LogP contribution in [0.3, 0.4) is 0 Å². The Hall–Kier alpha value is -1.71. The molecule has 124 valence electrons. The van der Waals surface area contributed by atoms with Crippen LogP contribution in [-0.2, 0) is 4.79 Å². The molecular weight excluding hydrogens is 278 g/mol. The summed E-state index contributed by atoms with van der Waals surface area (Å²) in [5, 5.41) is 3.00. The van der Waals surface area contributed by atoms with Gasteiger partial charge in [0.2, 0.25) is 0 Å². The number of ether oxygens (including phenoxy) is 2. The number of nitrogens with one attached hydrogen (secondary N) is 1. The van der Waals surface area contributed by atoms with Crippen molar-refractivity contribution < 1.29 is 14.3 Å². The fourth-order valence-electron chi connectivity index (χ4n) is 2.26. The van der Waals surface area contributed by atoms with Crippen molar-refractivity contribution in [3.8, 4) is 11.5 Å². The SMILES string of the molecule is CCCC[C@@H](CC)CNC(=O)[C@@H](C)Oc1cccc(OC)c1. The van der Waals surface area contributed by atoms with E-state index in [0.717, 1.165) is 18.7 Å². The lowest BCUT2D eigenvalue weighted by Crippen LogP contribution is -2.38. The highest BCUT2D eigenvalue weighted by Gasteiger charge is 2.16. The van der Waals surface area contributed by atoms with Crippen molar-refractivity contribution in [2.75, 3.05) is 13.7 Å². The van der Waals surface area contributed by atoms with Crippen LogP contribution in [0.2, 0.25) is 0 Å². The molecule has 1 aromatic rings. The molecule has 0 aliphatic heterocycles. The zero-order chi connectivity index (χ0) is 16.4. The van der Waals surface area contributed by atoms with Crippen LogP contribution in [0.1, 0.15) is 46.5 Å². The highest BCUT2D eigenvalue weighted by molar-refractivity contribution is 5.80. The summed E-state index contributed by atoms with van der Waals surface area (Å²) >= 11 is 0. The lowest BCUT2D eigenvalue weighted by atomic mass is 9.99. The van der Waals surface area contributed by atoms with Crippen molar-refractivity contribution in [1.82, 2.24) is 5.32 Å². The van der Waals surface area contributed by atoms with Gasteiger partial charge in [0.1, 0.15) is 11.5 Å². The molecule has 4 nitrogen and oxygen atoms in total. The number of amides is 1. The molecule has 0 radical (unpaired) electrons. The molecule has 0 fully saturated rings. The van der Waals surface area contributed by atoms with E-state index in [1.165, 1.54) is 19.3 Å². The largest absolute Gasteiger partial charge is 0.497 e. The molecule has 0 bridgehead atoms. The van der Waals surface area contributed by atoms with E-state index in [1.807, 2.05) is 18.2 Å². The van der Waals surface area contributed by atoms with Gasteiger partial charge in [-0.25, -0.2) is 0 Å². The van der Waals surface area contributed by atoms with Crippen molar-refractivity contribution in [2.45, 2.75) is 52.6 Å². The van der Waals surface area contributed by atoms with Crippen LogP contribution in [0.5, 0.6) is 11.5 Å². The van der Waals surface area contributed by atoms with Gasteiger partial charge in [-0.3, -0.25) is 4.79 Å². The van der Waals surface area contributed by atoms with E-state index in [2.05, 4.69) is 19.2 Å². The number of carbonyl (C=O) groups excluding carboxylic acids is 1. The van der Waals surface area contributed by atoms with Crippen molar-refractivity contribution in [2.24, 2.45) is 5.92 Å². The summed E-state index contributed by atoms with van der Waals surface area (Å²) in [6, 6.07) is 7.29. The zero-order valence-corrected chi connectivity index (χ0v) is 14.2. The second kappa shape index (κ2) is 10.1. The van der Waals surface area contributed by atoms with Gasteiger partial charge in [0.05, 0.1) is 7.11 Å². The first kappa shape index (κ1) is 18.3. The average molecular weight is 307 g/mol. The summed E-state index contributed by atoms with van der Waals surface area (Å²) in [5.41, 5.74) is 0. The number of rotatable bonds is 10. The molecule has 4 heteroatoms. The molecule has 1 N–H and O–H groups in total. The van der Waals surface area contributed by atoms with E-state index < -0.39 is 6.10 Å². The lowest BCUT2D eigenvalue weighted by Gasteiger charge is -2.18. The molecule has 0 saturated carbocycles. The second-order valence-electron chi connectivity index (χ2n) is 5.60. The summed E-state index contributed by atoms with van der Waals surface area (Å²) in [7, 11) is 1.61. The number of hydrogen-bond acceptors (Lipinski definition) is 3. The molecule has 1 rings (SSSR count). The summed E-state index contributed by atoms with van der Waals surface area (Å²) in [5.74, 6) is 1.83. The van der Waals surface area contributed by atoms with Crippen LogP contribution in [0.25, 0.3) is 0 Å². The Kier molecular flexibility index (Phi) is 8.41. The molecule has 22 heavy (non-hydrogen) atoms. The zero-order valence-electron chi connectivity index (χ0n) is 14.2. The molecule has 0 unspecified atom stereocenters. The molecule has 0 saturated heterocycles. The monoisotopic (exact) mass is 307 g/mol. The standard InChI is InChI=1S/C18H29NO3/c1-5-7-9-15(6-2)13-19-18(20)14(3)22-17-11-8-10-16(12-17)21-4/h8,10-12,14-15H,5-7,9,13H2,1-4H3,(H,19,20)/t14-,15-/m1/s1. The lowest BCUT2D eigenvalue weighted by molar-refractivity contribution is -0.127. The Bertz CT molecular complexity index is 448. The highest BCUT2D eigenvalue weighted by Crippen LogP contribution is 2.20. The first-order chi connectivity index (χ1) is 10.6. The van der Waals surface area contributed by atoms with Crippen LogP contribution < -0.4 is 14.8 Å². The maximum Gasteiger partial charge on any atom is 0.260 e. The first-order valence-corrected chi connectivity index (χ1v) is 8.19. The van der Waals surface area contributed by atoms with Crippen LogP contribution in [-0.4, -0.2) is 25.7 Å². The Morgan fingerprint density at radius 3 is 2.64 bits per heavy atom. The molecule has 1 amide bonds.